The molecule has 43 heavy (non-hydrogen) atoms. The summed E-state index contributed by atoms with van der Waals surface area (Å²) in [5.74, 6) is -1.08. The molecule has 3 aliphatic carbocycles. The molecule has 8 heteroatoms. The van der Waals surface area contributed by atoms with Gasteiger partial charge < -0.3 is 19.5 Å². The van der Waals surface area contributed by atoms with E-state index in [0.717, 1.165) is 44.1 Å². The first-order chi connectivity index (χ1) is 20.7. The molecule has 2 aromatic rings. The van der Waals surface area contributed by atoms with E-state index < -0.39 is 23.2 Å². The van der Waals surface area contributed by atoms with Gasteiger partial charge in [0, 0.05) is 25.3 Å². The van der Waals surface area contributed by atoms with Crippen molar-refractivity contribution >= 4 is 12.6 Å². The van der Waals surface area contributed by atoms with Crippen molar-refractivity contribution in [2.45, 2.75) is 96.6 Å². The van der Waals surface area contributed by atoms with E-state index in [-0.39, 0.29) is 35.8 Å². The minimum Gasteiger partial charge on any atom is -0.451 e. The Morgan fingerprint density at radius 1 is 1.05 bits per heavy atom. The standard InChI is InChI=1S/C35H48F3NO3S/c1-4-7-27-28(21-39(3)16-5-19-43)31(36)33(38)34(32(27)37)42-23-9-11-24-22(20-23)8-10-26-25(24)14-15-35(2)29(26)12-13-30(35)41-18-6-17-40/h9,11,20,25-26,29-30,40,43H,4-8,10,12-19,21H2,1-3H3. The van der Waals surface area contributed by atoms with Gasteiger partial charge in [-0.3, -0.25) is 0 Å². The Morgan fingerprint density at radius 3 is 2.60 bits per heavy atom. The maximum absolute atomic E-state index is 15.8. The number of hydrogen-bond acceptors (Lipinski definition) is 5. The highest BCUT2D eigenvalue weighted by Gasteiger charge is 2.55. The lowest BCUT2D eigenvalue weighted by molar-refractivity contribution is -0.0661. The van der Waals surface area contributed by atoms with Gasteiger partial charge in [0.15, 0.2) is 11.6 Å². The van der Waals surface area contributed by atoms with Gasteiger partial charge in [-0.2, -0.15) is 17.0 Å². The summed E-state index contributed by atoms with van der Waals surface area (Å²) in [5, 5.41) is 9.18. The average Bonchev–Trinajstić information content (AvgIpc) is 3.34. The molecule has 0 saturated heterocycles. The van der Waals surface area contributed by atoms with Gasteiger partial charge in [-0.1, -0.05) is 26.3 Å². The third-order valence-corrected chi connectivity index (χ3v) is 10.9. The van der Waals surface area contributed by atoms with Gasteiger partial charge in [-0.05, 0) is 129 Å². The summed E-state index contributed by atoms with van der Waals surface area (Å²) in [6.07, 6.45) is 9.03. The van der Waals surface area contributed by atoms with E-state index in [1.54, 1.807) is 6.07 Å². The Labute approximate surface area is 260 Å². The summed E-state index contributed by atoms with van der Waals surface area (Å²) >= 11 is 4.23. The molecule has 5 unspecified atom stereocenters. The second-order valence-corrected chi connectivity index (χ2v) is 13.7. The second kappa shape index (κ2) is 14.1. The number of aryl methyl sites for hydroxylation is 1. The van der Waals surface area contributed by atoms with E-state index in [1.165, 1.54) is 12.0 Å². The van der Waals surface area contributed by atoms with Crippen molar-refractivity contribution in [3.8, 4) is 11.5 Å². The van der Waals surface area contributed by atoms with E-state index in [9.17, 15) is 5.11 Å². The van der Waals surface area contributed by atoms with Gasteiger partial charge in [0.05, 0.1) is 6.10 Å². The molecule has 2 aromatic carbocycles. The summed E-state index contributed by atoms with van der Waals surface area (Å²) in [5.41, 5.74) is 2.90. The summed E-state index contributed by atoms with van der Waals surface area (Å²) in [6, 6.07) is 5.77. The topological polar surface area (TPSA) is 41.9 Å². The minimum atomic E-state index is -1.27. The number of hydrogen-bond donors (Lipinski definition) is 2. The van der Waals surface area contributed by atoms with Crippen LogP contribution in [0.4, 0.5) is 13.2 Å². The zero-order valence-corrected chi connectivity index (χ0v) is 26.8. The van der Waals surface area contributed by atoms with Crippen molar-refractivity contribution < 1.29 is 27.8 Å². The highest BCUT2D eigenvalue weighted by Crippen LogP contribution is 2.61. The fourth-order valence-electron chi connectivity index (χ4n) is 8.44. The molecule has 4 nitrogen and oxygen atoms in total. The van der Waals surface area contributed by atoms with Crippen LogP contribution in [-0.4, -0.2) is 48.7 Å². The van der Waals surface area contributed by atoms with E-state index in [1.807, 2.05) is 24.9 Å². The zero-order chi connectivity index (χ0) is 30.7. The Balaban J connectivity index is 1.35. The molecule has 0 amide bonds. The molecule has 2 saturated carbocycles. The second-order valence-electron chi connectivity index (χ2n) is 13.2. The third kappa shape index (κ3) is 6.49. The van der Waals surface area contributed by atoms with Crippen molar-refractivity contribution in [1.29, 1.82) is 0 Å². The number of rotatable bonds is 13. The Hall–Kier alpha value is -1.74. The summed E-state index contributed by atoms with van der Waals surface area (Å²) in [7, 11) is 1.82. The summed E-state index contributed by atoms with van der Waals surface area (Å²) in [6.45, 7) is 5.86. The quantitative estimate of drug-likeness (QED) is 0.135. The Morgan fingerprint density at radius 2 is 1.86 bits per heavy atom. The number of halogens is 3. The number of thiol groups is 1. The molecule has 0 heterocycles. The van der Waals surface area contributed by atoms with E-state index in [4.69, 9.17) is 9.47 Å². The number of nitrogens with zero attached hydrogens (tertiary/aromatic N) is 1. The molecule has 0 aliphatic heterocycles. The molecular weight excluding hydrogens is 571 g/mol. The van der Waals surface area contributed by atoms with Crippen molar-refractivity contribution in [3.63, 3.8) is 0 Å². The molecule has 0 bridgehead atoms. The van der Waals surface area contributed by atoms with Crippen molar-refractivity contribution in [2.75, 3.05) is 32.6 Å². The highest BCUT2D eigenvalue weighted by molar-refractivity contribution is 7.80. The summed E-state index contributed by atoms with van der Waals surface area (Å²) in [4.78, 5) is 1.87. The zero-order valence-electron chi connectivity index (χ0n) is 25.9. The summed E-state index contributed by atoms with van der Waals surface area (Å²) < 4.78 is 58.7. The van der Waals surface area contributed by atoms with Crippen LogP contribution in [0.25, 0.3) is 0 Å². The molecule has 5 atom stereocenters. The van der Waals surface area contributed by atoms with Crippen molar-refractivity contribution in [3.05, 3.63) is 57.9 Å². The van der Waals surface area contributed by atoms with Gasteiger partial charge >= 0.3 is 0 Å². The number of fused-ring (bicyclic) bond motifs is 5. The highest BCUT2D eigenvalue weighted by atomic mass is 32.1. The number of ether oxygens (including phenoxy) is 2. The van der Waals surface area contributed by atoms with Gasteiger partial charge in [0.2, 0.25) is 11.6 Å². The van der Waals surface area contributed by atoms with Crippen LogP contribution in [0.3, 0.4) is 0 Å². The number of benzene rings is 2. The smallest absolute Gasteiger partial charge is 0.204 e. The van der Waals surface area contributed by atoms with Crippen LogP contribution >= 0.6 is 12.6 Å². The Kier molecular flexibility index (Phi) is 10.7. The van der Waals surface area contributed by atoms with Crippen LogP contribution in [0.15, 0.2) is 18.2 Å². The molecule has 238 valence electrons. The van der Waals surface area contributed by atoms with Crippen LogP contribution in [-0.2, 0) is 24.1 Å². The Bertz CT molecular complexity index is 1280. The van der Waals surface area contributed by atoms with Crippen LogP contribution in [0.5, 0.6) is 11.5 Å². The van der Waals surface area contributed by atoms with E-state index >= 15 is 13.2 Å². The lowest BCUT2D eigenvalue weighted by Gasteiger charge is -2.50. The molecule has 1 N–H and O–H groups in total. The maximum atomic E-state index is 15.8. The average molecular weight is 620 g/mol. The predicted molar refractivity (Wildman–Crippen MR) is 168 cm³/mol. The molecule has 3 aliphatic rings. The van der Waals surface area contributed by atoms with Gasteiger partial charge in [-0.15, -0.1) is 0 Å². The first kappa shape index (κ1) is 32.6. The fourth-order valence-corrected chi connectivity index (χ4v) is 8.58. The molecule has 0 spiro atoms. The third-order valence-electron chi connectivity index (χ3n) is 10.6. The molecular formula is C35H48F3NO3S. The first-order valence-corrected chi connectivity index (χ1v) is 16.9. The SMILES string of the molecule is CCCc1c(F)c(Oc2ccc3c(c2)CCC2C3CCC3(C)C(OCCCO)CCC23)c(F)c(F)c1CN(C)CCCS. The largest absolute Gasteiger partial charge is 0.451 e. The normalized spacial score (nSPS) is 26.3. The van der Waals surface area contributed by atoms with Gasteiger partial charge in [0.25, 0.3) is 0 Å². The minimum absolute atomic E-state index is 0.0691. The predicted octanol–water partition coefficient (Wildman–Crippen LogP) is 8.22. The van der Waals surface area contributed by atoms with E-state index in [0.29, 0.717) is 61.7 Å². The van der Waals surface area contributed by atoms with Crippen LogP contribution in [0.2, 0.25) is 0 Å². The first-order valence-electron chi connectivity index (χ1n) is 16.2. The monoisotopic (exact) mass is 619 g/mol. The number of aliphatic hydroxyl groups excluding tert-OH is 1. The maximum Gasteiger partial charge on any atom is 0.204 e. The van der Waals surface area contributed by atoms with Gasteiger partial charge in [0.1, 0.15) is 5.75 Å². The fraction of sp³-hybridized carbons (Fsp3) is 0.657. The lowest BCUT2D eigenvalue weighted by atomic mass is 9.55. The molecule has 0 radical (unpaired) electrons. The lowest BCUT2D eigenvalue weighted by Crippen LogP contribution is -2.44. The van der Waals surface area contributed by atoms with Crippen molar-refractivity contribution in [2.24, 2.45) is 17.3 Å². The van der Waals surface area contributed by atoms with Crippen LogP contribution in [0.1, 0.15) is 93.4 Å². The van der Waals surface area contributed by atoms with Crippen molar-refractivity contribution in [1.82, 2.24) is 4.90 Å². The molecule has 2 fully saturated rings. The van der Waals surface area contributed by atoms with Gasteiger partial charge in [-0.25, -0.2) is 8.78 Å². The van der Waals surface area contributed by atoms with Crippen LogP contribution < -0.4 is 4.74 Å². The molecule has 5 rings (SSSR count). The van der Waals surface area contributed by atoms with E-state index in [2.05, 4.69) is 25.6 Å². The van der Waals surface area contributed by atoms with Crippen LogP contribution in [0, 0.1) is 34.7 Å². The molecule has 0 aromatic heterocycles. The number of aliphatic hydroxyl groups is 1.